The summed E-state index contributed by atoms with van der Waals surface area (Å²) >= 11 is 3.41. The van der Waals surface area contributed by atoms with E-state index in [2.05, 4.69) is 33.1 Å². The lowest BCUT2D eigenvalue weighted by Gasteiger charge is -2.31. The van der Waals surface area contributed by atoms with Gasteiger partial charge in [0.2, 0.25) is 5.91 Å². The van der Waals surface area contributed by atoms with E-state index >= 15 is 0 Å². The first-order valence-corrected chi connectivity index (χ1v) is 8.33. The predicted octanol–water partition coefficient (Wildman–Crippen LogP) is 3.33. The van der Waals surface area contributed by atoms with Gasteiger partial charge in [-0.2, -0.15) is 0 Å². The zero-order valence-corrected chi connectivity index (χ0v) is 14.0. The minimum Gasteiger partial charge on any atom is -0.356 e. The fourth-order valence-electron chi connectivity index (χ4n) is 2.64. The maximum Gasteiger partial charge on any atom is 0.223 e. The molecule has 1 aromatic carbocycles. The van der Waals surface area contributed by atoms with Gasteiger partial charge >= 0.3 is 0 Å². The minimum absolute atomic E-state index is 0.143. The van der Waals surface area contributed by atoms with Crippen molar-refractivity contribution in [3.05, 3.63) is 34.1 Å². The third-order valence-corrected chi connectivity index (χ3v) is 4.65. The van der Waals surface area contributed by atoms with Crippen molar-refractivity contribution in [1.29, 1.82) is 0 Å². The molecule has 116 valence electrons. The summed E-state index contributed by atoms with van der Waals surface area (Å²) in [4.78, 5) is 14.3. The summed E-state index contributed by atoms with van der Waals surface area (Å²) in [6.07, 6.45) is 2.77. The fourth-order valence-corrected chi connectivity index (χ4v) is 3.11. The first-order chi connectivity index (χ1) is 10.1. The van der Waals surface area contributed by atoms with E-state index in [1.54, 1.807) is 0 Å². The van der Waals surface area contributed by atoms with Crippen molar-refractivity contribution in [3.8, 4) is 0 Å². The molecule has 0 radical (unpaired) electrons. The number of likely N-dealkylation sites (tertiary alicyclic amines) is 1. The van der Waals surface area contributed by atoms with Gasteiger partial charge in [-0.1, -0.05) is 28.9 Å². The number of nitrogens with zero attached hydrogens (tertiary/aromatic N) is 1. The van der Waals surface area contributed by atoms with E-state index in [-0.39, 0.29) is 17.6 Å². The van der Waals surface area contributed by atoms with Crippen LogP contribution in [0.2, 0.25) is 0 Å². The number of nitrogens with one attached hydrogen (secondary N) is 1. The molecule has 1 saturated heterocycles. The molecule has 1 fully saturated rings. The largest absolute Gasteiger partial charge is 0.356 e. The van der Waals surface area contributed by atoms with Gasteiger partial charge in [-0.25, -0.2) is 4.39 Å². The molecule has 0 spiro atoms. The lowest BCUT2D eigenvalue weighted by atomic mass is 9.95. The molecule has 0 atom stereocenters. The van der Waals surface area contributed by atoms with E-state index in [0.29, 0.717) is 0 Å². The molecule has 1 amide bonds. The predicted molar refractivity (Wildman–Crippen MR) is 85.4 cm³/mol. The second-order valence-corrected chi connectivity index (χ2v) is 6.43. The summed E-state index contributed by atoms with van der Waals surface area (Å²) in [6, 6.07) is 4.81. The van der Waals surface area contributed by atoms with Crippen LogP contribution in [0.3, 0.4) is 0 Å². The standard InChI is InChI=1S/C16H22BrFN2O/c1-2-7-19-16(21)12-5-8-20(9-6-12)11-13-3-4-14(18)10-15(13)17/h3-4,10,12H,2,5-9,11H2,1H3,(H,19,21). The normalized spacial score (nSPS) is 16.9. The van der Waals surface area contributed by atoms with Crippen molar-refractivity contribution in [2.45, 2.75) is 32.7 Å². The molecule has 3 nitrogen and oxygen atoms in total. The number of halogens is 2. The average molecular weight is 357 g/mol. The summed E-state index contributed by atoms with van der Waals surface area (Å²) < 4.78 is 13.9. The summed E-state index contributed by atoms with van der Waals surface area (Å²) in [7, 11) is 0. The first kappa shape index (κ1) is 16.4. The van der Waals surface area contributed by atoms with Crippen LogP contribution in [-0.2, 0) is 11.3 Å². The molecule has 0 bridgehead atoms. The lowest BCUT2D eigenvalue weighted by Crippen LogP contribution is -2.40. The molecule has 1 N–H and O–H groups in total. The van der Waals surface area contributed by atoms with Gasteiger partial charge in [-0.15, -0.1) is 0 Å². The van der Waals surface area contributed by atoms with Crippen molar-refractivity contribution < 1.29 is 9.18 Å². The minimum atomic E-state index is -0.225. The van der Waals surface area contributed by atoms with Crippen molar-refractivity contribution in [3.63, 3.8) is 0 Å². The Hall–Kier alpha value is -0.940. The molecule has 1 aliphatic rings. The van der Waals surface area contributed by atoms with Crippen LogP contribution in [0.15, 0.2) is 22.7 Å². The molecule has 1 heterocycles. The van der Waals surface area contributed by atoms with E-state index in [9.17, 15) is 9.18 Å². The Morgan fingerprint density at radius 1 is 1.43 bits per heavy atom. The molecule has 5 heteroatoms. The molecule has 0 saturated carbocycles. The van der Waals surface area contributed by atoms with Gasteiger partial charge in [-0.3, -0.25) is 9.69 Å². The SMILES string of the molecule is CCCNC(=O)C1CCN(Cc2ccc(F)cc2Br)CC1. The molecular weight excluding hydrogens is 335 g/mol. The lowest BCUT2D eigenvalue weighted by molar-refractivity contribution is -0.126. The molecule has 0 aromatic heterocycles. The number of piperidine rings is 1. The van der Waals surface area contributed by atoms with Crippen molar-refractivity contribution >= 4 is 21.8 Å². The van der Waals surface area contributed by atoms with Crippen LogP contribution in [0.1, 0.15) is 31.7 Å². The van der Waals surface area contributed by atoms with E-state index in [1.165, 1.54) is 12.1 Å². The maximum atomic E-state index is 13.1. The van der Waals surface area contributed by atoms with Crippen LogP contribution in [0.25, 0.3) is 0 Å². The third kappa shape index (κ3) is 4.78. The molecule has 2 rings (SSSR count). The third-order valence-electron chi connectivity index (χ3n) is 3.92. The molecule has 21 heavy (non-hydrogen) atoms. The zero-order chi connectivity index (χ0) is 15.2. The van der Waals surface area contributed by atoms with Gasteiger partial charge in [0.15, 0.2) is 0 Å². The number of rotatable bonds is 5. The second-order valence-electron chi connectivity index (χ2n) is 5.58. The maximum absolute atomic E-state index is 13.1. The Morgan fingerprint density at radius 2 is 2.14 bits per heavy atom. The summed E-state index contributed by atoms with van der Waals surface area (Å²) in [5.74, 6) is 0.112. The molecular formula is C16H22BrFN2O. The zero-order valence-electron chi connectivity index (χ0n) is 12.4. The van der Waals surface area contributed by atoms with Gasteiger partial charge < -0.3 is 5.32 Å². The van der Waals surface area contributed by atoms with Crippen molar-refractivity contribution in [2.24, 2.45) is 5.92 Å². The van der Waals surface area contributed by atoms with E-state index in [1.807, 2.05) is 6.07 Å². The highest BCUT2D eigenvalue weighted by Gasteiger charge is 2.24. The van der Waals surface area contributed by atoms with Crippen LogP contribution in [0.5, 0.6) is 0 Å². The topological polar surface area (TPSA) is 32.3 Å². The van der Waals surface area contributed by atoms with Gasteiger partial charge in [0, 0.05) is 23.5 Å². The van der Waals surface area contributed by atoms with E-state index < -0.39 is 0 Å². The molecule has 1 aromatic rings. The number of hydrogen-bond donors (Lipinski definition) is 1. The highest BCUT2D eigenvalue weighted by atomic mass is 79.9. The smallest absolute Gasteiger partial charge is 0.223 e. The average Bonchev–Trinajstić information content (AvgIpc) is 2.48. The quantitative estimate of drug-likeness (QED) is 0.877. The van der Waals surface area contributed by atoms with Crippen LogP contribution in [-0.4, -0.2) is 30.4 Å². The Morgan fingerprint density at radius 3 is 2.76 bits per heavy atom. The molecule has 1 aliphatic heterocycles. The number of carbonyl (C=O) groups excluding carboxylic acids is 1. The number of amides is 1. The Bertz CT molecular complexity index is 487. The highest BCUT2D eigenvalue weighted by molar-refractivity contribution is 9.10. The van der Waals surface area contributed by atoms with Crippen LogP contribution < -0.4 is 5.32 Å². The van der Waals surface area contributed by atoms with Crippen molar-refractivity contribution in [1.82, 2.24) is 10.2 Å². The number of benzene rings is 1. The van der Waals surface area contributed by atoms with Crippen LogP contribution in [0.4, 0.5) is 4.39 Å². The Labute approximate surface area is 134 Å². The van der Waals surface area contributed by atoms with Gasteiger partial charge in [0.1, 0.15) is 5.82 Å². The van der Waals surface area contributed by atoms with Crippen molar-refractivity contribution in [2.75, 3.05) is 19.6 Å². The number of hydrogen-bond acceptors (Lipinski definition) is 2. The van der Waals surface area contributed by atoms with Crippen LogP contribution in [0, 0.1) is 11.7 Å². The molecule has 0 unspecified atom stereocenters. The van der Waals surface area contributed by atoms with E-state index in [0.717, 1.165) is 55.5 Å². The second kappa shape index (κ2) is 7.90. The van der Waals surface area contributed by atoms with E-state index in [4.69, 9.17) is 0 Å². The molecule has 0 aliphatic carbocycles. The highest BCUT2D eigenvalue weighted by Crippen LogP contribution is 2.23. The van der Waals surface area contributed by atoms with Crippen LogP contribution >= 0.6 is 15.9 Å². The number of carbonyl (C=O) groups is 1. The van der Waals surface area contributed by atoms with Gasteiger partial charge in [-0.05, 0) is 50.0 Å². The fraction of sp³-hybridized carbons (Fsp3) is 0.562. The monoisotopic (exact) mass is 356 g/mol. The Balaban J connectivity index is 1.82. The first-order valence-electron chi connectivity index (χ1n) is 7.54. The summed E-state index contributed by atoms with van der Waals surface area (Å²) in [6.45, 7) is 5.44. The Kier molecular flexibility index (Phi) is 6.18. The van der Waals surface area contributed by atoms with Gasteiger partial charge in [0.25, 0.3) is 0 Å². The van der Waals surface area contributed by atoms with Gasteiger partial charge in [0.05, 0.1) is 0 Å². The summed E-state index contributed by atoms with van der Waals surface area (Å²) in [5, 5.41) is 2.98. The summed E-state index contributed by atoms with van der Waals surface area (Å²) in [5.41, 5.74) is 1.09.